The van der Waals surface area contributed by atoms with Gasteiger partial charge in [-0.2, -0.15) is 0 Å². The Labute approximate surface area is 165 Å². The Hall–Kier alpha value is -2.98. The molecule has 4 nitrogen and oxygen atoms in total. The third kappa shape index (κ3) is 2.90. The molecule has 5 rings (SSSR count). The Morgan fingerprint density at radius 3 is 2.54 bits per heavy atom. The lowest BCUT2D eigenvalue weighted by molar-refractivity contribution is 0.627. The molecule has 0 aliphatic carbocycles. The summed E-state index contributed by atoms with van der Waals surface area (Å²) in [5, 5.41) is 4.65. The molecule has 3 aromatic heterocycles. The monoisotopic (exact) mass is 368 g/mol. The van der Waals surface area contributed by atoms with Crippen molar-refractivity contribution in [1.82, 2.24) is 20.3 Å². The fraction of sp³-hybridized carbons (Fsp3) is 0.250. The lowest BCUT2D eigenvalue weighted by Crippen LogP contribution is -2.24. The molecule has 0 amide bonds. The van der Waals surface area contributed by atoms with Crippen molar-refractivity contribution in [2.24, 2.45) is 0 Å². The van der Waals surface area contributed by atoms with Crippen LogP contribution in [-0.4, -0.2) is 21.5 Å². The Morgan fingerprint density at radius 2 is 1.71 bits per heavy atom. The van der Waals surface area contributed by atoms with Crippen LogP contribution in [0.5, 0.6) is 0 Å². The molecule has 4 heterocycles. The van der Waals surface area contributed by atoms with Gasteiger partial charge in [0.2, 0.25) is 0 Å². The van der Waals surface area contributed by atoms with E-state index in [1.807, 2.05) is 20.0 Å². The first-order valence-electron chi connectivity index (χ1n) is 9.85. The highest BCUT2D eigenvalue weighted by Crippen LogP contribution is 2.33. The zero-order chi connectivity index (χ0) is 19.3. The predicted octanol–water partition coefficient (Wildman–Crippen LogP) is 4.86. The van der Waals surface area contributed by atoms with Crippen LogP contribution in [0.15, 0.2) is 42.6 Å². The number of nitrogens with one attached hydrogen (secondary N) is 2. The van der Waals surface area contributed by atoms with Crippen molar-refractivity contribution >= 4 is 10.9 Å². The number of aromatic nitrogens is 3. The van der Waals surface area contributed by atoms with Crippen molar-refractivity contribution in [3.05, 3.63) is 70.8 Å². The molecule has 0 bridgehead atoms. The number of rotatable bonds is 2. The van der Waals surface area contributed by atoms with Gasteiger partial charge in [-0.1, -0.05) is 12.1 Å². The van der Waals surface area contributed by atoms with Gasteiger partial charge in [0.15, 0.2) is 0 Å². The average molecular weight is 368 g/mol. The maximum atomic E-state index is 4.69. The van der Waals surface area contributed by atoms with Crippen LogP contribution in [0.1, 0.15) is 28.2 Å². The molecule has 4 heteroatoms. The summed E-state index contributed by atoms with van der Waals surface area (Å²) in [6.07, 6.45) is 3.05. The fourth-order valence-electron chi connectivity index (χ4n) is 4.29. The fourth-order valence-corrected chi connectivity index (χ4v) is 4.29. The maximum Gasteiger partial charge on any atom is 0.0574 e. The van der Waals surface area contributed by atoms with Gasteiger partial charge in [-0.3, -0.25) is 9.97 Å². The summed E-state index contributed by atoms with van der Waals surface area (Å²) in [7, 11) is 0. The van der Waals surface area contributed by atoms with E-state index in [0.29, 0.717) is 0 Å². The summed E-state index contributed by atoms with van der Waals surface area (Å²) in [5.74, 6) is 0. The summed E-state index contributed by atoms with van der Waals surface area (Å²) in [4.78, 5) is 12.8. The van der Waals surface area contributed by atoms with Crippen LogP contribution in [-0.2, 0) is 13.0 Å². The highest BCUT2D eigenvalue weighted by molar-refractivity contribution is 5.93. The van der Waals surface area contributed by atoms with Crippen LogP contribution in [0, 0.1) is 20.8 Å². The van der Waals surface area contributed by atoms with Crippen molar-refractivity contribution in [3.8, 4) is 22.4 Å². The molecular formula is C24H24N4. The van der Waals surface area contributed by atoms with Crippen molar-refractivity contribution in [2.75, 3.05) is 6.54 Å². The molecule has 0 spiro atoms. The minimum absolute atomic E-state index is 0.874. The van der Waals surface area contributed by atoms with Crippen LogP contribution in [0.4, 0.5) is 0 Å². The molecule has 28 heavy (non-hydrogen) atoms. The molecule has 140 valence electrons. The van der Waals surface area contributed by atoms with E-state index in [4.69, 9.17) is 0 Å². The molecule has 0 radical (unpaired) electrons. The number of pyridine rings is 2. The van der Waals surface area contributed by atoms with E-state index in [1.165, 1.54) is 44.6 Å². The van der Waals surface area contributed by atoms with Crippen molar-refractivity contribution in [3.63, 3.8) is 0 Å². The SMILES string of the molecule is Cc1cc(-c2[nH]c3cc(-c4cnc5c(c4)CCNC5)ccc3c2C)cc(C)n1. The number of hydrogen-bond acceptors (Lipinski definition) is 3. The Balaban J connectivity index is 1.60. The predicted molar refractivity (Wildman–Crippen MR) is 114 cm³/mol. The summed E-state index contributed by atoms with van der Waals surface area (Å²) >= 11 is 0. The molecular weight excluding hydrogens is 344 g/mol. The number of benzene rings is 1. The molecule has 1 aliphatic heterocycles. The molecule has 0 fully saturated rings. The quantitative estimate of drug-likeness (QED) is 0.531. The summed E-state index contributed by atoms with van der Waals surface area (Å²) in [6, 6.07) is 13.3. The Morgan fingerprint density at radius 1 is 0.893 bits per heavy atom. The minimum Gasteiger partial charge on any atom is -0.354 e. The third-order valence-corrected chi connectivity index (χ3v) is 5.69. The van der Waals surface area contributed by atoms with Crippen LogP contribution in [0.3, 0.4) is 0 Å². The third-order valence-electron chi connectivity index (χ3n) is 5.69. The van der Waals surface area contributed by atoms with E-state index >= 15 is 0 Å². The number of fused-ring (bicyclic) bond motifs is 2. The molecule has 0 saturated heterocycles. The van der Waals surface area contributed by atoms with Gasteiger partial charge in [-0.15, -0.1) is 0 Å². The van der Waals surface area contributed by atoms with Gasteiger partial charge in [0.05, 0.1) is 5.69 Å². The van der Waals surface area contributed by atoms with E-state index < -0.39 is 0 Å². The first-order valence-corrected chi connectivity index (χ1v) is 9.85. The number of H-pyrrole nitrogens is 1. The standard InChI is InChI=1S/C24H24N4/c1-14-8-19(9-15(2)27-14)24-16(3)21-5-4-17(11-22(21)28-24)20-10-18-6-7-25-13-23(18)26-12-20/h4-5,8-12,25,28H,6-7,13H2,1-3H3. The van der Waals surface area contributed by atoms with E-state index in [-0.39, 0.29) is 0 Å². The van der Waals surface area contributed by atoms with Gasteiger partial charge >= 0.3 is 0 Å². The number of aryl methyl sites for hydroxylation is 3. The van der Waals surface area contributed by atoms with Crippen LogP contribution < -0.4 is 5.32 Å². The van der Waals surface area contributed by atoms with Crippen LogP contribution >= 0.6 is 0 Å². The topological polar surface area (TPSA) is 53.6 Å². The van der Waals surface area contributed by atoms with Gasteiger partial charge < -0.3 is 10.3 Å². The van der Waals surface area contributed by atoms with Gasteiger partial charge in [0.1, 0.15) is 0 Å². The van der Waals surface area contributed by atoms with Gasteiger partial charge in [-0.05, 0) is 74.7 Å². The molecule has 2 N–H and O–H groups in total. The number of aromatic amines is 1. The number of nitrogens with zero attached hydrogens (tertiary/aromatic N) is 2. The first kappa shape index (κ1) is 17.1. The number of hydrogen-bond donors (Lipinski definition) is 2. The van der Waals surface area contributed by atoms with E-state index in [9.17, 15) is 0 Å². The Kier molecular flexibility index (Phi) is 4.02. The van der Waals surface area contributed by atoms with Crippen LogP contribution in [0.25, 0.3) is 33.3 Å². The molecule has 0 atom stereocenters. The first-order chi connectivity index (χ1) is 13.6. The van der Waals surface area contributed by atoms with E-state index in [0.717, 1.165) is 36.4 Å². The largest absolute Gasteiger partial charge is 0.354 e. The van der Waals surface area contributed by atoms with Crippen LogP contribution in [0.2, 0.25) is 0 Å². The Bertz CT molecular complexity index is 1180. The molecule has 0 unspecified atom stereocenters. The highest BCUT2D eigenvalue weighted by atomic mass is 14.9. The smallest absolute Gasteiger partial charge is 0.0574 e. The lowest BCUT2D eigenvalue weighted by Gasteiger charge is -2.16. The van der Waals surface area contributed by atoms with Crippen molar-refractivity contribution in [2.45, 2.75) is 33.7 Å². The van der Waals surface area contributed by atoms with Gasteiger partial charge in [0, 0.05) is 51.9 Å². The second-order valence-corrected chi connectivity index (χ2v) is 7.78. The zero-order valence-electron chi connectivity index (χ0n) is 16.6. The van der Waals surface area contributed by atoms with Gasteiger partial charge in [-0.25, -0.2) is 0 Å². The summed E-state index contributed by atoms with van der Waals surface area (Å²) in [5.41, 5.74) is 11.8. The highest BCUT2D eigenvalue weighted by Gasteiger charge is 2.14. The normalized spacial score (nSPS) is 13.7. The minimum atomic E-state index is 0.874. The molecule has 1 aromatic carbocycles. The van der Waals surface area contributed by atoms with E-state index in [2.05, 4.69) is 63.6 Å². The maximum absolute atomic E-state index is 4.69. The molecule has 1 aliphatic rings. The molecule has 4 aromatic rings. The van der Waals surface area contributed by atoms with E-state index in [1.54, 1.807) is 0 Å². The average Bonchev–Trinajstić information content (AvgIpc) is 3.03. The second-order valence-electron chi connectivity index (χ2n) is 7.78. The van der Waals surface area contributed by atoms with Crippen molar-refractivity contribution in [1.29, 1.82) is 0 Å². The van der Waals surface area contributed by atoms with Gasteiger partial charge in [0.25, 0.3) is 0 Å². The van der Waals surface area contributed by atoms with Crippen molar-refractivity contribution < 1.29 is 0 Å². The lowest BCUT2D eigenvalue weighted by atomic mass is 9.99. The summed E-state index contributed by atoms with van der Waals surface area (Å²) < 4.78 is 0. The second kappa shape index (κ2) is 6.57. The zero-order valence-corrected chi connectivity index (χ0v) is 16.6. The summed E-state index contributed by atoms with van der Waals surface area (Å²) in [6.45, 7) is 8.18. The molecule has 0 saturated carbocycles.